The molecular formula is C22H30F2N4O4. The number of nitrogens with zero attached hydrogens (tertiary/aromatic N) is 2. The zero-order valence-electron chi connectivity index (χ0n) is 18.8. The molecule has 0 bridgehead atoms. The molecule has 0 radical (unpaired) electrons. The zero-order chi connectivity index (χ0) is 23.8. The Balaban J connectivity index is 1.94. The Morgan fingerprint density at radius 2 is 2.03 bits per heavy atom. The third kappa shape index (κ3) is 4.55. The summed E-state index contributed by atoms with van der Waals surface area (Å²) in [6.45, 7) is 6.65. The van der Waals surface area contributed by atoms with Gasteiger partial charge in [0.1, 0.15) is 5.75 Å². The van der Waals surface area contributed by atoms with Crippen LogP contribution in [0.3, 0.4) is 0 Å². The van der Waals surface area contributed by atoms with Gasteiger partial charge in [-0.05, 0) is 51.8 Å². The number of rotatable bonds is 7. The van der Waals surface area contributed by atoms with E-state index in [0.29, 0.717) is 30.0 Å². The van der Waals surface area contributed by atoms with Gasteiger partial charge in [-0.25, -0.2) is 8.78 Å². The molecule has 2 aliphatic rings. The molecule has 1 aromatic rings. The van der Waals surface area contributed by atoms with Gasteiger partial charge in [-0.3, -0.25) is 14.4 Å². The quantitative estimate of drug-likeness (QED) is 0.655. The largest absolute Gasteiger partial charge is 0.476 e. The SMILES string of the molecule is CC1Cc2cc3c(cc2C(=O)N1[C@H](C)CN)N(CCC(=O)NCC(F)F)C(=O)C(C)(C)O3. The highest BCUT2D eigenvalue weighted by Gasteiger charge is 2.43. The number of ether oxygens (including phenoxy) is 1. The number of halogens is 2. The van der Waals surface area contributed by atoms with Crippen LogP contribution in [0.15, 0.2) is 12.1 Å². The van der Waals surface area contributed by atoms with Gasteiger partial charge in [-0.2, -0.15) is 0 Å². The highest BCUT2D eigenvalue weighted by molar-refractivity contribution is 6.05. The lowest BCUT2D eigenvalue weighted by atomic mass is 9.90. The summed E-state index contributed by atoms with van der Waals surface area (Å²) >= 11 is 0. The topological polar surface area (TPSA) is 105 Å². The number of anilines is 1. The first-order valence-electron chi connectivity index (χ1n) is 10.7. The first-order valence-corrected chi connectivity index (χ1v) is 10.7. The fraction of sp³-hybridized carbons (Fsp3) is 0.591. The van der Waals surface area contributed by atoms with Crippen LogP contribution >= 0.6 is 0 Å². The molecule has 3 amide bonds. The normalized spacial score (nSPS) is 20.6. The average Bonchev–Trinajstić information content (AvgIpc) is 2.71. The molecule has 2 aliphatic heterocycles. The predicted molar refractivity (Wildman–Crippen MR) is 115 cm³/mol. The third-order valence-electron chi connectivity index (χ3n) is 5.89. The Hall–Kier alpha value is -2.75. The maximum atomic E-state index is 13.2. The van der Waals surface area contributed by atoms with Crippen molar-refractivity contribution in [3.8, 4) is 5.75 Å². The number of alkyl halides is 2. The van der Waals surface area contributed by atoms with E-state index in [9.17, 15) is 23.2 Å². The van der Waals surface area contributed by atoms with Crippen molar-refractivity contribution in [1.82, 2.24) is 10.2 Å². The van der Waals surface area contributed by atoms with Crippen molar-refractivity contribution < 1.29 is 27.9 Å². The van der Waals surface area contributed by atoms with Crippen LogP contribution in [0.5, 0.6) is 5.75 Å². The van der Waals surface area contributed by atoms with Gasteiger partial charge >= 0.3 is 0 Å². The second-order valence-corrected chi connectivity index (χ2v) is 8.84. The molecular weight excluding hydrogens is 422 g/mol. The van der Waals surface area contributed by atoms with Crippen LogP contribution in [0.4, 0.5) is 14.5 Å². The van der Waals surface area contributed by atoms with Crippen LogP contribution in [-0.2, 0) is 16.0 Å². The van der Waals surface area contributed by atoms with Gasteiger partial charge in [0.25, 0.3) is 18.2 Å². The molecule has 8 nitrogen and oxygen atoms in total. The smallest absolute Gasteiger partial charge is 0.270 e. The summed E-state index contributed by atoms with van der Waals surface area (Å²) in [5.74, 6) is -0.696. The van der Waals surface area contributed by atoms with E-state index >= 15 is 0 Å². The number of nitrogens with one attached hydrogen (secondary N) is 1. The summed E-state index contributed by atoms with van der Waals surface area (Å²) in [6.07, 6.45) is -2.19. The van der Waals surface area contributed by atoms with Gasteiger partial charge in [-0.15, -0.1) is 0 Å². The molecule has 32 heavy (non-hydrogen) atoms. The number of hydrogen-bond acceptors (Lipinski definition) is 5. The van der Waals surface area contributed by atoms with Gasteiger partial charge in [-0.1, -0.05) is 0 Å². The Morgan fingerprint density at radius 1 is 1.34 bits per heavy atom. The summed E-state index contributed by atoms with van der Waals surface area (Å²) in [5, 5.41) is 2.14. The molecule has 0 saturated carbocycles. The lowest BCUT2D eigenvalue weighted by Crippen LogP contribution is -2.54. The van der Waals surface area contributed by atoms with Crippen LogP contribution in [-0.4, -0.2) is 66.4 Å². The van der Waals surface area contributed by atoms with E-state index in [1.165, 1.54) is 4.90 Å². The second-order valence-electron chi connectivity index (χ2n) is 8.84. The lowest BCUT2D eigenvalue weighted by molar-refractivity contribution is -0.132. The number of carbonyl (C=O) groups excluding carboxylic acids is 3. The molecule has 1 aromatic carbocycles. The average molecular weight is 453 g/mol. The first kappa shape index (κ1) is 23.9. The van der Waals surface area contributed by atoms with Crippen LogP contribution in [0.2, 0.25) is 0 Å². The first-order chi connectivity index (χ1) is 15.0. The lowest BCUT2D eigenvalue weighted by Gasteiger charge is -2.42. The number of fused-ring (bicyclic) bond motifs is 2. The molecule has 0 aliphatic carbocycles. The van der Waals surface area contributed by atoms with Crippen molar-refractivity contribution in [3.63, 3.8) is 0 Å². The van der Waals surface area contributed by atoms with Crippen molar-refractivity contribution in [2.45, 2.75) is 64.6 Å². The molecule has 10 heteroatoms. The van der Waals surface area contributed by atoms with E-state index in [-0.39, 0.29) is 36.9 Å². The van der Waals surface area contributed by atoms with Crippen LogP contribution in [0.25, 0.3) is 0 Å². The van der Waals surface area contributed by atoms with Crippen LogP contribution < -0.4 is 20.7 Å². The van der Waals surface area contributed by atoms with Gasteiger partial charge in [0.05, 0.1) is 12.2 Å². The minimum absolute atomic E-state index is 0.0278. The van der Waals surface area contributed by atoms with E-state index in [0.717, 1.165) is 5.56 Å². The fourth-order valence-corrected chi connectivity index (χ4v) is 4.24. The second kappa shape index (κ2) is 9.01. The van der Waals surface area contributed by atoms with E-state index in [2.05, 4.69) is 5.32 Å². The number of nitrogens with two attached hydrogens (primary N) is 1. The minimum atomic E-state index is -2.65. The van der Waals surface area contributed by atoms with Gasteiger partial charge in [0.2, 0.25) is 5.91 Å². The highest BCUT2D eigenvalue weighted by Crippen LogP contribution is 2.41. The Bertz CT molecular complexity index is 921. The van der Waals surface area contributed by atoms with Crippen molar-refractivity contribution >= 4 is 23.4 Å². The van der Waals surface area contributed by atoms with Crippen LogP contribution in [0.1, 0.15) is 50.0 Å². The van der Waals surface area contributed by atoms with E-state index in [1.807, 2.05) is 13.8 Å². The Morgan fingerprint density at radius 3 is 2.66 bits per heavy atom. The number of amides is 3. The Kier molecular flexibility index (Phi) is 6.73. The summed E-state index contributed by atoms with van der Waals surface area (Å²) in [7, 11) is 0. The Labute approximate surface area is 186 Å². The molecule has 1 unspecified atom stereocenters. The molecule has 0 spiro atoms. The summed E-state index contributed by atoms with van der Waals surface area (Å²) in [6, 6.07) is 3.22. The summed E-state index contributed by atoms with van der Waals surface area (Å²) < 4.78 is 30.6. The third-order valence-corrected chi connectivity index (χ3v) is 5.89. The number of hydrogen-bond donors (Lipinski definition) is 2. The molecule has 3 N–H and O–H groups in total. The number of carbonyl (C=O) groups is 3. The molecule has 2 heterocycles. The van der Waals surface area contributed by atoms with Gasteiger partial charge < -0.3 is 25.6 Å². The van der Waals surface area contributed by atoms with E-state index in [1.54, 1.807) is 30.9 Å². The molecule has 3 rings (SSSR count). The monoisotopic (exact) mass is 452 g/mol. The van der Waals surface area contributed by atoms with E-state index in [4.69, 9.17) is 10.5 Å². The van der Waals surface area contributed by atoms with Crippen molar-refractivity contribution in [2.75, 3.05) is 24.5 Å². The predicted octanol–water partition coefficient (Wildman–Crippen LogP) is 1.70. The molecule has 0 saturated heterocycles. The van der Waals surface area contributed by atoms with E-state index < -0.39 is 24.5 Å². The number of benzene rings is 1. The zero-order valence-corrected chi connectivity index (χ0v) is 18.8. The summed E-state index contributed by atoms with van der Waals surface area (Å²) in [5.41, 5.74) is 6.28. The maximum absolute atomic E-state index is 13.2. The summed E-state index contributed by atoms with van der Waals surface area (Å²) in [4.78, 5) is 41.4. The molecule has 176 valence electrons. The molecule has 2 atom stereocenters. The maximum Gasteiger partial charge on any atom is 0.270 e. The standard InChI is InChI=1S/C22H30F2N4O4/c1-12-7-14-8-17-16(9-15(14)20(30)28(12)13(2)10-25)27(21(31)22(3,4)32-17)6-5-19(29)26-11-18(23)24/h8-9,12-13,18H,5-7,10-11,25H2,1-4H3,(H,26,29)/t12?,13-/m1/s1. The minimum Gasteiger partial charge on any atom is -0.476 e. The van der Waals surface area contributed by atoms with Crippen molar-refractivity contribution in [1.29, 1.82) is 0 Å². The van der Waals surface area contributed by atoms with Crippen molar-refractivity contribution in [2.24, 2.45) is 5.73 Å². The highest BCUT2D eigenvalue weighted by atomic mass is 19.3. The molecule has 0 fully saturated rings. The fourth-order valence-electron chi connectivity index (χ4n) is 4.24. The van der Waals surface area contributed by atoms with Crippen LogP contribution in [0, 0.1) is 0 Å². The molecule has 0 aromatic heterocycles. The van der Waals surface area contributed by atoms with Crippen molar-refractivity contribution in [3.05, 3.63) is 23.3 Å². The van der Waals surface area contributed by atoms with Gasteiger partial charge in [0.15, 0.2) is 5.60 Å². The van der Waals surface area contributed by atoms with Gasteiger partial charge in [0, 0.05) is 37.2 Å².